The van der Waals surface area contributed by atoms with Gasteiger partial charge in [0.2, 0.25) is 0 Å². The van der Waals surface area contributed by atoms with E-state index in [-0.39, 0.29) is 12.8 Å². The number of terminal acetylenes is 1. The third-order valence-electron chi connectivity index (χ3n) is 1.18. The van der Waals surface area contributed by atoms with Crippen molar-refractivity contribution in [2.75, 3.05) is 0 Å². The zero-order valence-electron chi connectivity index (χ0n) is 5.99. The lowest BCUT2D eigenvalue weighted by Crippen LogP contribution is -2.22. The zero-order valence-corrected chi connectivity index (χ0v) is 5.99. The minimum absolute atomic E-state index is 0.0896. The van der Waals surface area contributed by atoms with Crippen LogP contribution >= 0.6 is 0 Å². The Labute approximate surface area is 63.8 Å². The smallest absolute Gasteiger partial charge is 0.327 e. The molecule has 0 aliphatic carbocycles. The molecule has 1 nitrogen and oxygen atoms in total. The summed E-state index contributed by atoms with van der Waals surface area (Å²) in [6, 6.07) is -0.526. The summed E-state index contributed by atoms with van der Waals surface area (Å²) in [7, 11) is 0. The highest BCUT2D eigenvalue weighted by molar-refractivity contribution is 4.88. The van der Waals surface area contributed by atoms with Crippen molar-refractivity contribution in [2.45, 2.75) is 31.5 Å². The molecule has 0 saturated carbocycles. The summed E-state index contributed by atoms with van der Waals surface area (Å²) in [4.78, 5) is 0. The van der Waals surface area contributed by atoms with Crippen molar-refractivity contribution in [3.63, 3.8) is 0 Å². The summed E-state index contributed by atoms with van der Waals surface area (Å²) in [5.74, 6) is 2.21. The fraction of sp³-hybridized carbons (Fsp3) is 0.714. The minimum atomic E-state index is -4.12. The van der Waals surface area contributed by atoms with E-state index in [1.165, 1.54) is 0 Å². The molecule has 0 aliphatic rings. The molecule has 0 heterocycles. The van der Waals surface area contributed by atoms with Crippen molar-refractivity contribution < 1.29 is 13.2 Å². The van der Waals surface area contributed by atoms with Gasteiger partial charge in [0, 0.05) is 18.9 Å². The van der Waals surface area contributed by atoms with E-state index >= 15 is 0 Å². The van der Waals surface area contributed by atoms with Gasteiger partial charge in [-0.25, -0.2) is 0 Å². The first-order valence-electron chi connectivity index (χ1n) is 3.21. The van der Waals surface area contributed by atoms with E-state index in [2.05, 4.69) is 5.92 Å². The van der Waals surface area contributed by atoms with Gasteiger partial charge in [-0.1, -0.05) is 0 Å². The fourth-order valence-electron chi connectivity index (χ4n) is 0.602. The van der Waals surface area contributed by atoms with Crippen LogP contribution in [0.5, 0.6) is 0 Å². The molecule has 4 heteroatoms. The number of nitrogens with two attached hydrogens (primary N) is 1. The molecule has 0 saturated heterocycles. The van der Waals surface area contributed by atoms with E-state index in [1.54, 1.807) is 0 Å². The van der Waals surface area contributed by atoms with E-state index in [0.29, 0.717) is 0 Å². The quantitative estimate of drug-likeness (QED) is 0.632. The fourth-order valence-corrected chi connectivity index (χ4v) is 0.602. The third-order valence-corrected chi connectivity index (χ3v) is 1.18. The zero-order chi connectivity index (χ0) is 8.91. The van der Waals surface area contributed by atoms with Gasteiger partial charge < -0.3 is 5.73 Å². The van der Waals surface area contributed by atoms with Crippen LogP contribution in [0.4, 0.5) is 13.2 Å². The van der Waals surface area contributed by atoms with Crippen LogP contribution in [0.2, 0.25) is 0 Å². The Morgan fingerprint density at radius 3 is 2.36 bits per heavy atom. The van der Waals surface area contributed by atoms with Crippen LogP contribution in [-0.4, -0.2) is 12.2 Å². The summed E-state index contributed by atoms with van der Waals surface area (Å²) in [5.41, 5.74) is 5.25. The maximum atomic E-state index is 11.5. The van der Waals surface area contributed by atoms with Gasteiger partial charge in [0.1, 0.15) is 0 Å². The monoisotopic (exact) mass is 165 g/mol. The molecule has 0 aromatic carbocycles. The molecule has 0 spiro atoms. The van der Waals surface area contributed by atoms with Crippen LogP contribution in [0.25, 0.3) is 0 Å². The lowest BCUT2D eigenvalue weighted by molar-refractivity contribution is -0.136. The Hall–Kier alpha value is -0.690. The number of halogens is 3. The number of alkyl halides is 3. The normalized spacial score (nSPS) is 14.1. The van der Waals surface area contributed by atoms with Crippen molar-refractivity contribution in [1.82, 2.24) is 0 Å². The summed E-state index contributed by atoms with van der Waals surface area (Å²) in [6.07, 6.45) is 0.00220. The number of hydrogen-bond donors (Lipinski definition) is 1. The van der Waals surface area contributed by atoms with Crippen molar-refractivity contribution in [3.8, 4) is 12.3 Å². The molecule has 0 aromatic rings. The molecule has 0 fully saturated rings. The highest BCUT2D eigenvalue weighted by atomic mass is 19.4. The average Bonchev–Trinajstić information content (AvgIpc) is 1.83. The van der Waals surface area contributed by atoms with Crippen molar-refractivity contribution >= 4 is 0 Å². The summed E-state index contributed by atoms with van der Waals surface area (Å²) in [5, 5.41) is 0. The van der Waals surface area contributed by atoms with Gasteiger partial charge in [-0.05, 0) is 6.42 Å². The Morgan fingerprint density at radius 1 is 1.45 bits per heavy atom. The topological polar surface area (TPSA) is 26.0 Å². The molecule has 1 unspecified atom stereocenters. The van der Waals surface area contributed by atoms with Gasteiger partial charge in [0.05, 0.1) is 0 Å². The van der Waals surface area contributed by atoms with Crippen molar-refractivity contribution in [1.29, 1.82) is 0 Å². The van der Waals surface area contributed by atoms with Gasteiger partial charge in [-0.3, -0.25) is 0 Å². The minimum Gasteiger partial charge on any atom is -0.327 e. The van der Waals surface area contributed by atoms with Crippen LogP contribution in [0.1, 0.15) is 19.3 Å². The molecular formula is C7H10F3N. The molecule has 0 rings (SSSR count). The van der Waals surface area contributed by atoms with E-state index in [0.717, 1.165) is 0 Å². The van der Waals surface area contributed by atoms with Crippen molar-refractivity contribution in [3.05, 3.63) is 0 Å². The average molecular weight is 165 g/mol. The maximum absolute atomic E-state index is 11.5. The third kappa shape index (κ3) is 7.20. The number of hydrogen-bond acceptors (Lipinski definition) is 1. The van der Waals surface area contributed by atoms with Crippen LogP contribution < -0.4 is 5.73 Å². The maximum Gasteiger partial charge on any atom is 0.389 e. The Kier molecular flexibility index (Phi) is 3.98. The summed E-state index contributed by atoms with van der Waals surface area (Å²) in [6.45, 7) is 0. The first kappa shape index (κ1) is 10.3. The molecule has 0 radical (unpaired) electrons. The number of rotatable bonds is 3. The van der Waals surface area contributed by atoms with Crippen LogP contribution in [0.15, 0.2) is 0 Å². The predicted octanol–water partition coefficient (Wildman–Crippen LogP) is 1.68. The van der Waals surface area contributed by atoms with Gasteiger partial charge in [-0.15, -0.1) is 12.3 Å². The highest BCUT2D eigenvalue weighted by Gasteiger charge is 2.27. The van der Waals surface area contributed by atoms with Gasteiger partial charge in [0.15, 0.2) is 0 Å². The lowest BCUT2D eigenvalue weighted by atomic mass is 10.1. The van der Waals surface area contributed by atoms with E-state index in [1.807, 2.05) is 0 Å². The molecule has 1 atom stereocenters. The molecule has 64 valence electrons. The van der Waals surface area contributed by atoms with E-state index in [4.69, 9.17) is 12.2 Å². The predicted molar refractivity (Wildman–Crippen MR) is 36.7 cm³/mol. The summed E-state index contributed by atoms with van der Waals surface area (Å²) < 4.78 is 34.6. The Balaban J connectivity index is 3.48. The van der Waals surface area contributed by atoms with Crippen LogP contribution in [0, 0.1) is 12.3 Å². The first-order chi connectivity index (χ1) is 4.95. The molecule has 11 heavy (non-hydrogen) atoms. The second-order valence-electron chi connectivity index (χ2n) is 2.32. The van der Waals surface area contributed by atoms with Crippen molar-refractivity contribution in [2.24, 2.45) is 5.73 Å². The SMILES string of the molecule is C#CCC(N)CCC(F)(F)F. The summed E-state index contributed by atoms with van der Waals surface area (Å²) >= 11 is 0. The second kappa shape index (κ2) is 4.24. The highest BCUT2D eigenvalue weighted by Crippen LogP contribution is 2.22. The van der Waals surface area contributed by atoms with Gasteiger partial charge in [0.25, 0.3) is 0 Å². The van der Waals surface area contributed by atoms with E-state index in [9.17, 15) is 13.2 Å². The molecule has 0 bridgehead atoms. The van der Waals surface area contributed by atoms with Gasteiger partial charge >= 0.3 is 6.18 Å². The van der Waals surface area contributed by atoms with Gasteiger partial charge in [-0.2, -0.15) is 13.2 Å². The molecular weight excluding hydrogens is 155 g/mol. The Morgan fingerprint density at radius 2 is 2.00 bits per heavy atom. The molecule has 0 aliphatic heterocycles. The standard InChI is InChI=1S/C7H10F3N/c1-2-3-6(11)4-5-7(8,9)10/h1,6H,3-5,11H2. The van der Waals surface area contributed by atoms with E-state index < -0.39 is 18.6 Å². The Bertz CT molecular complexity index is 145. The molecule has 2 N–H and O–H groups in total. The molecule has 0 aromatic heterocycles. The lowest BCUT2D eigenvalue weighted by Gasteiger charge is -2.09. The van der Waals surface area contributed by atoms with Crippen LogP contribution in [-0.2, 0) is 0 Å². The first-order valence-corrected chi connectivity index (χ1v) is 3.21. The largest absolute Gasteiger partial charge is 0.389 e. The molecule has 0 amide bonds. The van der Waals surface area contributed by atoms with Crippen LogP contribution in [0.3, 0.4) is 0 Å². The second-order valence-corrected chi connectivity index (χ2v) is 2.32.